The summed E-state index contributed by atoms with van der Waals surface area (Å²) in [7, 11) is 0. The summed E-state index contributed by atoms with van der Waals surface area (Å²) in [6, 6.07) is 2.08. The molecule has 0 spiro atoms. The highest BCUT2D eigenvalue weighted by molar-refractivity contribution is 7.98. The fourth-order valence-corrected chi connectivity index (χ4v) is 16.4. The lowest BCUT2D eigenvalue weighted by Crippen LogP contribution is -2.62. The Bertz CT molecular complexity index is 3920. The molecule has 700 valence electrons. The van der Waals surface area contributed by atoms with E-state index in [1.807, 2.05) is 24.0 Å². The number of aliphatic carboxylic acids is 5. The zero-order valence-electron chi connectivity index (χ0n) is 71.4. The monoisotopic (exact) mass is 1810 g/mol. The number of fused-ring (bicyclic) bond motifs is 4. The molecule has 4 heterocycles. The molecule has 44 heteroatoms. The van der Waals surface area contributed by atoms with Crippen molar-refractivity contribution in [1.82, 2.24) is 77.3 Å². The predicted molar refractivity (Wildman–Crippen MR) is 457 cm³/mol. The van der Waals surface area contributed by atoms with E-state index in [0.717, 1.165) is 24.2 Å². The summed E-state index contributed by atoms with van der Waals surface area (Å²) in [6.07, 6.45) is -1.68. The number of unbranched alkanes of at least 4 members (excludes halogenated alkanes) is 1. The fraction of sp³-hybridized carbons (Fsp3) is 0.646. The number of primary amides is 1. The highest BCUT2D eigenvalue weighted by atomic mass is 32.2. The molecule has 4 aliphatic heterocycles. The van der Waals surface area contributed by atoms with E-state index in [-0.39, 0.29) is 186 Å². The number of carbonyl (C=O) groups is 17. The smallest absolute Gasteiger partial charge is 0.317 e. The number of hydrogen-bond acceptors (Lipinski definition) is 27. The molecule has 10 atom stereocenters. The number of amides is 12. The normalized spacial score (nSPS) is 21.4. The summed E-state index contributed by atoms with van der Waals surface area (Å²) in [5.74, 6) is -15.6. The van der Waals surface area contributed by atoms with E-state index in [2.05, 4.69) is 47.9 Å². The van der Waals surface area contributed by atoms with Gasteiger partial charge in [-0.15, -0.1) is 0 Å². The molecular formula is C82H124N16O26S2. The highest BCUT2D eigenvalue weighted by Crippen LogP contribution is 2.28. The van der Waals surface area contributed by atoms with Gasteiger partial charge in [0.25, 0.3) is 0 Å². The number of nitrogens with two attached hydrogens (primary N) is 1. The van der Waals surface area contributed by atoms with E-state index in [9.17, 15) is 107 Å². The van der Waals surface area contributed by atoms with Crippen LogP contribution in [0, 0.1) is 0 Å². The fourth-order valence-electron chi connectivity index (χ4n) is 14.4. The van der Waals surface area contributed by atoms with Crippen molar-refractivity contribution >= 4 is 124 Å². The molecule has 2 bridgehead atoms. The van der Waals surface area contributed by atoms with Crippen LogP contribution in [0.2, 0.25) is 0 Å². The maximum atomic E-state index is 15.2. The Morgan fingerprint density at radius 2 is 1.02 bits per heavy atom. The highest BCUT2D eigenvalue weighted by Gasteiger charge is 2.46. The molecule has 3 saturated heterocycles. The first-order valence-electron chi connectivity index (χ1n) is 42.5. The second kappa shape index (κ2) is 56.8. The lowest BCUT2D eigenvalue weighted by Gasteiger charge is -2.34. The van der Waals surface area contributed by atoms with Gasteiger partial charge in [-0.1, -0.05) is 74.4 Å². The van der Waals surface area contributed by atoms with Crippen molar-refractivity contribution in [2.24, 2.45) is 5.73 Å². The zero-order chi connectivity index (χ0) is 92.0. The Balaban J connectivity index is 1.04. The van der Waals surface area contributed by atoms with Gasteiger partial charge in [0.15, 0.2) is 0 Å². The molecule has 4 aliphatic rings. The van der Waals surface area contributed by atoms with Crippen molar-refractivity contribution in [1.29, 1.82) is 0 Å². The summed E-state index contributed by atoms with van der Waals surface area (Å²) in [5.41, 5.74) is 7.43. The molecule has 0 saturated carbocycles. The van der Waals surface area contributed by atoms with Crippen molar-refractivity contribution in [3.8, 4) is 0 Å². The SMILES string of the molecule is CCCC[C@H](NC(=O)CCC(=O)NCCCOCCOCCOCCCNC(=O)CN1CCN(CC(=O)O)CCN(CC(=O)O)CCN(CC(=O)O)CC1)C(=O)N[C@H]1CSCc2cccc(c2)CSC[C@@H](C(=O)NC(CC(=O)O)C(N)=O)NC(=O)[C@H](Cc2ccccc2)NC(=O)[C@H](CCC(=O)O)NC(=O)[C@H]([C@@H](C)O)NC(=O)[C@@H]2CCCN2C(=O)[C@@H]2CCCN2C1=O. The van der Waals surface area contributed by atoms with Crippen LogP contribution in [0.5, 0.6) is 0 Å². The average Bonchev–Trinajstić information content (AvgIpc) is 1.64. The van der Waals surface area contributed by atoms with Crippen molar-refractivity contribution < 1.29 is 126 Å². The second-order valence-electron chi connectivity index (χ2n) is 31.2. The number of thioether (sulfide) groups is 2. The van der Waals surface area contributed by atoms with Gasteiger partial charge in [-0.2, -0.15) is 23.5 Å². The van der Waals surface area contributed by atoms with Crippen LogP contribution in [-0.2, 0) is 114 Å². The number of aliphatic hydroxyl groups is 1. The molecule has 12 amide bonds. The van der Waals surface area contributed by atoms with Crippen LogP contribution in [-0.4, -0.2) is 377 Å². The topological polar surface area (TPSA) is 593 Å². The van der Waals surface area contributed by atoms with Crippen molar-refractivity contribution in [2.45, 2.75) is 182 Å². The lowest BCUT2D eigenvalue weighted by molar-refractivity contribution is -0.148. The molecule has 126 heavy (non-hydrogen) atoms. The van der Waals surface area contributed by atoms with Gasteiger partial charge in [-0.3, -0.25) is 101 Å². The summed E-state index contributed by atoms with van der Waals surface area (Å²) >= 11 is 2.39. The minimum atomic E-state index is -1.84. The van der Waals surface area contributed by atoms with Crippen LogP contribution >= 0.6 is 23.5 Å². The number of nitrogens with zero attached hydrogens (tertiary/aromatic N) is 6. The second-order valence-corrected chi connectivity index (χ2v) is 33.2. The van der Waals surface area contributed by atoms with Crippen LogP contribution in [0.25, 0.3) is 0 Å². The van der Waals surface area contributed by atoms with Gasteiger partial charge in [0.1, 0.15) is 54.4 Å². The van der Waals surface area contributed by atoms with E-state index in [1.165, 1.54) is 21.6 Å². The summed E-state index contributed by atoms with van der Waals surface area (Å²) in [5, 5.41) is 82.6. The van der Waals surface area contributed by atoms with E-state index < -0.39 is 175 Å². The molecule has 0 aliphatic carbocycles. The number of nitrogens with one attached hydrogen (secondary N) is 9. The van der Waals surface area contributed by atoms with Crippen LogP contribution < -0.4 is 53.6 Å². The molecule has 6 rings (SSSR count). The number of carboxylic acid groups (broad SMARTS) is 5. The molecule has 17 N–H and O–H groups in total. The quantitative estimate of drug-likeness (QED) is 0.0287. The van der Waals surface area contributed by atoms with Crippen molar-refractivity contribution in [3.05, 3.63) is 71.3 Å². The summed E-state index contributed by atoms with van der Waals surface area (Å²) in [6.45, 7) is 6.64. The number of rotatable bonds is 42. The third kappa shape index (κ3) is 39.4. The van der Waals surface area contributed by atoms with Gasteiger partial charge in [0.05, 0.1) is 65.1 Å². The van der Waals surface area contributed by atoms with Crippen LogP contribution in [0.3, 0.4) is 0 Å². The maximum Gasteiger partial charge on any atom is 0.317 e. The molecule has 2 aromatic rings. The Morgan fingerprint density at radius 1 is 0.516 bits per heavy atom. The number of carboxylic acids is 5. The van der Waals surface area contributed by atoms with Gasteiger partial charge >= 0.3 is 29.8 Å². The third-order valence-electron chi connectivity index (χ3n) is 21.1. The number of hydrogen-bond donors (Lipinski definition) is 16. The largest absolute Gasteiger partial charge is 0.481 e. The molecule has 42 nitrogen and oxygen atoms in total. The minimum Gasteiger partial charge on any atom is -0.481 e. The first kappa shape index (κ1) is 105. The molecular weight excluding hydrogens is 1690 g/mol. The molecule has 0 aromatic heterocycles. The summed E-state index contributed by atoms with van der Waals surface area (Å²) in [4.78, 5) is 237. The number of carbonyl (C=O) groups excluding carboxylic acids is 12. The van der Waals surface area contributed by atoms with Crippen LogP contribution in [0.1, 0.15) is 120 Å². The van der Waals surface area contributed by atoms with Gasteiger partial charge in [0.2, 0.25) is 70.9 Å². The number of ether oxygens (including phenoxy) is 3. The van der Waals surface area contributed by atoms with Crippen molar-refractivity contribution in [2.75, 3.05) is 156 Å². The Kier molecular flexibility index (Phi) is 47.1. The van der Waals surface area contributed by atoms with Gasteiger partial charge in [-0.05, 0) is 75.0 Å². The van der Waals surface area contributed by atoms with Crippen molar-refractivity contribution in [3.63, 3.8) is 0 Å². The Labute approximate surface area is 739 Å². The molecule has 3 fully saturated rings. The zero-order valence-corrected chi connectivity index (χ0v) is 73.0. The van der Waals surface area contributed by atoms with Gasteiger partial charge in [0, 0.05) is 140 Å². The standard InChI is InChI=1S/C82H124N16O26S2/c1-3-4-17-57(86-66(101)22-21-65(100)84-24-11-36-122-38-40-124-41-39-123-37-12-25-85-67(102)45-93-28-30-94(46-70(107)108)32-34-96(48-72(111)112)35-33-95(31-29-93)47-71(109)110)75(114)91-62-52-126-50-56-16-8-15-55(42-56)49-125-51-61(78(117)88-59(74(83)113)44-69(105)106)90-77(116)60(43-54-13-6-5-7-14-54)89-76(115)58(20-23-68(103)104)87-80(119)73(53(2)99)92-79(118)63-18-9-26-97(63)82(121)64-19-10-27-98(64)81(62)120/h5-8,13-16,42,53,57-64,73,99H,3-4,9-12,17-41,43-52H2,1-2H3,(H2,83,113)(H,84,100)(H,85,102)(H,86,101)(H,87,119)(H,88,117)(H,89,115)(H,90,116)(H,91,114)(H,92,118)(H,103,104)(H,105,106)(H,107,108)(H,109,110)(H,111,112)/t53-,57+,58+,59?,60+,61+,62+,63+,64+,73+/m1/s1. The average molecular weight is 1810 g/mol. The predicted octanol–water partition coefficient (Wildman–Crippen LogP) is -3.50. The lowest BCUT2D eigenvalue weighted by atomic mass is 10.0. The maximum absolute atomic E-state index is 15.2. The van der Waals surface area contributed by atoms with Crippen LogP contribution in [0.4, 0.5) is 0 Å². The van der Waals surface area contributed by atoms with E-state index in [0.29, 0.717) is 75.9 Å². The Morgan fingerprint density at radius 3 is 1.56 bits per heavy atom. The number of aliphatic hydroxyl groups excluding tert-OH is 1. The first-order chi connectivity index (χ1) is 60.3. The Hall–Kier alpha value is -10.2. The molecule has 1 unspecified atom stereocenters. The first-order valence-corrected chi connectivity index (χ1v) is 44.8. The minimum absolute atomic E-state index is 0.0185. The number of benzene rings is 2. The summed E-state index contributed by atoms with van der Waals surface area (Å²) < 4.78 is 16.9. The molecule has 2 aromatic carbocycles. The van der Waals surface area contributed by atoms with E-state index in [1.54, 1.807) is 57.2 Å². The van der Waals surface area contributed by atoms with Gasteiger partial charge in [-0.25, -0.2) is 0 Å². The van der Waals surface area contributed by atoms with E-state index in [4.69, 9.17) is 19.9 Å². The molecule has 0 radical (unpaired) electrons. The van der Waals surface area contributed by atoms with Gasteiger partial charge < -0.3 is 108 Å². The van der Waals surface area contributed by atoms with E-state index >= 15 is 4.79 Å². The van der Waals surface area contributed by atoms with Crippen LogP contribution in [0.15, 0.2) is 54.6 Å². The third-order valence-corrected chi connectivity index (χ3v) is 23.3.